The van der Waals surface area contributed by atoms with E-state index in [2.05, 4.69) is 9.71 Å². The number of hydrogen-bond acceptors (Lipinski definition) is 4. The molecule has 0 fully saturated rings. The van der Waals surface area contributed by atoms with Gasteiger partial charge in [-0.1, -0.05) is 18.2 Å². The maximum atomic E-state index is 12.9. The molecule has 0 saturated heterocycles. The summed E-state index contributed by atoms with van der Waals surface area (Å²) in [5.74, 6) is 0.481. The number of ether oxygens (including phenoxy) is 1. The van der Waals surface area contributed by atoms with Crippen LogP contribution in [0.4, 0.5) is 13.2 Å². The predicted molar refractivity (Wildman–Crippen MR) is 115 cm³/mol. The first kappa shape index (κ1) is 21.8. The molecule has 3 aromatic carbocycles. The summed E-state index contributed by atoms with van der Waals surface area (Å²) in [5, 5.41) is 1.66. The van der Waals surface area contributed by atoms with Gasteiger partial charge in [0, 0.05) is 23.3 Å². The van der Waals surface area contributed by atoms with Crippen molar-refractivity contribution in [1.82, 2.24) is 9.71 Å². The standard InChI is InChI=1S/C23H17F3N2O3S/c1-27-32(29,30)18-9-10-22(31-17-7-5-16(6-8-17)23(24,25)26)21(13-18)20-4-2-3-15-14-28-12-11-19(15)20/h2-14,27H,1H3. The lowest BCUT2D eigenvalue weighted by molar-refractivity contribution is -0.137. The van der Waals surface area contributed by atoms with Crippen LogP contribution in [-0.2, 0) is 16.2 Å². The number of benzene rings is 3. The Morgan fingerprint density at radius 3 is 2.38 bits per heavy atom. The Balaban J connectivity index is 1.86. The highest BCUT2D eigenvalue weighted by atomic mass is 32.2. The summed E-state index contributed by atoms with van der Waals surface area (Å²) in [7, 11) is -2.43. The molecule has 0 aliphatic carbocycles. The maximum absolute atomic E-state index is 12.9. The summed E-state index contributed by atoms with van der Waals surface area (Å²) in [6, 6.07) is 15.9. The summed E-state index contributed by atoms with van der Waals surface area (Å²) in [4.78, 5) is 4.14. The van der Waals surface area contributed by atoms with E-state index in [-0.39, 0.29) is 10.6 Å². The largest absolute Gasteiger partial charge is 0.457 e. The summed E-state index contributed by atoms with van der Waals surface area (Å²) in [6.45, 7) is 0. The van der Waals surface area contributed by atoms with Crippen molar-refractivity contribution >= 4 is 20.8 Å². The zero-order chi connectivity index (χ0) is 22.9. The number of halogens is 3. The van der Waals surface area contributed by atoms with Crippen LogP contribution in [0.5, 0.6) is 11.5 Å². The van der Waals surface area contributed by atoms with Gasteiger partial charge >= 0.3 is 6.18 Å². The fourth-order valence-corrected chi connectivity index (χ4v) is 4.05. The first-order chi connectivity index (χ1) is 15.2. The van der Waals surface area contributed by atoms with Gasteiger partial charge < -0.3 is 4.74 Å². The van der Waals surface area contributed by atoms with Gasteiger partial charge in [-0.3, -0.25) is 4.98 Å². The number of nitrogens with zero attached hydrogens (tertiary/aromatic N) is 1. The lowest BCUT2D eigenvalue weighted by Crippen LogP contribution is -2.18. The van der Waals surface area contributed by atoms with Gasteiger partial charge in [0.15, 0.2) is 0 Å². The number of hydrogen-bond donors (Lipinski definition) is 1. The molecule has 0 aliphatic heterocycles. The van der Waals surface area contributed by atoms with Gasteiger partial charge in [0.25, 0.3) is 0 Å². The third kappa shape index (κ3) is 4.30. The van der Waals surface area contributed by atoms with Crippen LogP contribution in [0.15, 0.2) is 84.0 Å². The number of sulfonamides is 1. The normalized spacial score (nSPS) is 12.1. The molecule has 1 N–H and O–H groups in total. The molecule has 0 radical (unpaired) electrons. The van der Waals surface area contributed by atoms with Crippen molar-refractivity contribution < 1.29 is 26.3 Å². The number of alkyl halides is 3. The molecule has 9 heteroatoms. The number of nitrogens with one attached hydrogen (secondary N) is 1. The second-order valence-corrected chi connectivity index (χ2v) is 8.78. The lowest BCUT2D eigenvalue weighted by atomic mass is 9.98. The van der Waals surface area contributed by atoms with E-state index in [0.29, 0.717) is 16.9 Å². The molecule has 0 spiro atoms. The van der Waals surface area contributed by atoms with Crippen LogP contribution < -0.4 is 9.46 Å². The van der Waals surface area contributed by atoms with Crippen molar-refractivity contribution in [2.75, 3.05) is 7.05 Å². The number of rotatable bonds is 5. The molecule has 1 aromatic heterocycles. The molecule has 164 valence electrons. The Labute approximate surface area is 182 Å². The third-order valence-corrected chi connectivity index (χ3v) is 6.32. The van der Waals surface area contributed by atoms with Crippen LogP contribution in [0.1, 0.15) is 5.56 Å². The van der Waals surface area contributed by atoms with Crippen LogP contribution in [-0.4, -0.2) is 20.4 Å². The second kappa shape index (κ2) is 8.25. The minimum atomic E-state index is -4.45. The summed E-state index contributed by atoms with van der Waals surface area (Å²) >= 11 is 0. The van der Waals surface area contributed by atoms with Crippen molar-refractivity contribution in [1.29, 1.82) is 0 Å². The zero-order valence-electron chi connectivity index (χ0n) is 16.7. The second-order valence-electron chi connectivity index (χ2n) is 6.89. The van der Waals surface area contributed by atoms with Crippen LogP contribution in [0.3, 0.4) is 0 Å². The summed E-state index contributed by atoms with van der Waals surface area (Å²) in [6.07, 6.45) is -1.15. The van der Waals surface area contributed by atoms with Crippen molar-refractivity contribution in [2.24, 2.45) is 0 Å². The highest BCUT2D eigenvalue weighted by Crippen LogP contribution is 2.39. The fourth-order valence-electron chi connectivity index (χ4n) is 3.29. The minimum absolute atomic E-state index is 0.0285. The topological polar surface area (TPSA) is 68.3 Å². The van der Waals surface area contributed by atoms with Gasteiger partial charge in [0.2, 0.25) is 10.0 Å². The van der Waals surface area contributed by atoms with E-state index >= 15 is 0 Å². The van der Waals surface area contributed by atoms with E-state index in [1.807, 2.05) is 12.1 Å². The molecule has 32 heavy (non-hydrogen) atoms. The average Bonchev–Trinajstić information content (AvgIpc) is 2.78. The molecule has 0 saturated carbocycles. The van der Waals surface area contributed by atoms with Crippen LogP contribution >= 0.6 is 0 Å². The number of pyridine rings is 1. The van der Waals surface area contributed by atoms with Gasteiger partial charge in [-0.15, -0.1) is 0 Å². The average molecular weight is 458 g/mol. The van der Waals surface area contributed by atoms with Crippen LogP contribution in [0.25, 0.3) is 21.9 Å². The molecular weight excluding hydrogens is 441 g/mol. The fraction of sp³-hybridized carbons (Fsp3) is 0.0870. The number of aromatic nitrogens is 1. The van der Waals surface area contributed by atoms with E-state index in [1.165, 1.54) is 37.4 Å². The van der Waals surface area contributed by atoms with E-state index < -0.39 is 21.8 Å². The number of fused-ring (bicyclic) bond motifs is 1. The smallest absolute Gasteiger partial charge is 0.416 e. The third-order valence-electron chi connectivity index (χ3n) is 4.91. The lowest BCUT2D eigenvalue weighted by Gasteiger charge is -2.15. The molecular formula is C23H17F3N2O3S. The Morgan fingerprint density at radius 2 is 1.69 bits per heavy atom. The molecule has 0 atom stereocenters. The van der Waals surface area contributed by atoms with Gasteiger partial charge in [-0.05, 0) is 66.5 Å². The Morgan fingerprint density at radius 1 is 0.938 bits per heavy atom. The first-order valence-corrected chi connectivity index (χ1v) is 10.9. The van der Waals surface area contributed by atoms with Gasteiger partial charge in [0.05, 0.1) is 10.5 Å². The zero-order valence-corrected chi connectivity index (χ0v) is 17.5. The monoisotopic (exact) mass is 458 g/mol. The van der Waals surface area contributed by atoms with Gasteiger partial charge in [-0.25, -0.2) is 13.1 Å². The molecule has 0 amide bonds. The van der Waals surface area contributed by atoms with Crippen molar-refractivity contribution in [3.05, 3.63) is 84.7 Å². The van der Waals surface area contributed by atoms with Crippen LogP contribution in [0, 0.1) is 0 Å². The maximum Gasteiger partial charge on any atom is 0.416 e. The molecule has 0 bridgehead atoms. The first-order valence-electron chi connectivity index (χ1n) is 9.45. The molecule has 1 heterocycles. The highest BCUT2D eigenvalue weighted by Gasteiger charge is 2.30. The summed E-state index contributed by atoms with van der Waals surface area (Å²) < 4.78 is 71.5. The Kier molecular flexibility index (Phi) is 5.62. The van der Waals surface area contributed by atoms with Crippen molar-refractivity contribution in [3.8, 4) is 22.6 Å². The molecule has 5 nitrogen and oxygen atoms in total. The van der Waals surface area contributed by atoms with Crippen molar-refractivity contribution in [2.45, 2.75) is 11.1 Å². The quantitative estimate of drug-likeness (QED) is 0.421. The summed E-state index contributed by atoms with van der Waals surface area (Å²) in [5.41, 5.74) is 0.375. The SMILES string of the molecule is CNS(=O)(=O)c1ccc(Oc2ccc(C(F)(F)F)cc2)c(-c2cccc3cnccc23)c1. The van der Waals surface area contributed by atoms with E-state index in [0.717, 1.165) is 22.9 Å². The Hall–Kier alpha value is -3.43. The van der Waals surface area contributed by atoms with Crippen LogP contribution in [0.2, 0.25) is 0 Å². The van der Waals surface area contributed by atoms with E-state index in [1.54, 1.807) is 24.5 Å². The van der Waals surface area contributed by atoms with Crippen molar-refractivity contribution in [3.63, 3.8) is 0 Å². The predicted octanol–water partition coefficient (Wildman–Crippen LogP) is 5.62. The Bertz CT molecular complexity index is 1380. The molecule has 0 aliphatic rings. The minimum Gasteiger partial charge on any atom is -0.457 e. The van der Waals surface area contributed by atoms with Gasteiger partial charge in [-0.2, -0.15) is 13.2 Å². The molecule has 4 aromatic rings. The van der Waals surface area contributed by atoms with E-state index in [9.17, 15) is 21.6 Å². The molecule has 0 unspecified atom stereocenters. The molecule has 4 rings (SSSR count). The van der Waals surface area contributed by atoms with E-state index in [4.69, 9.17) is 4.74 Å². The highest BCUT2D eigenvalue weighted by molar-refractivity contribution is 7.89. The van der Waals surface area contributed by atoms with Gasteiger partial charge in [0.1, 0.15) is 11.5 Å².